The van der Waals surface area contributed by atoms with E-state index in [0.29, 0.717) is 18.0 Å². The van der Waals surface area contributed by atoms with Gasteiger partial charge in [-0.05, 0) is 36.1 Å². The molecule has 132 valence electrons. The van der Waals surface area contributed by atoms with E-state index in [9.17, 15) is 4.79 Å². The molecule has 0 bridgehead atoms. The molecule has 25 heavy (non-hydrogen) atoms. The van der Waals surface area contributed by atoms with E-state index in [0.717, 1.165) is 31.7 Å². The molecular formula is C20H26N4O. The smallest absolute Gasteiger partial charge is 0.254 e. The number of benzene rings is 1. The highest BCUT2D eigenvalue weighted by atomic mass is 16.2. The summed E-state index contributed by atoms with van der Waals surface area (Å²) in [5.74, 6) is 1.24. The molecule has 1 aliphatic heterocycles. The van der Waals surface area contributed by atoms with E-state index in [1.807, 2.05) is 36.0 Å². The van der Waals surface area contributed by atoms with Gasteiger partial charge in [-0.3, -0.25) is 4.79 Å². The number of rotatable bonds is 4. The van der Waals surface area contributed by atoms with Gasteiger partial charge in [0.15, 0.2) is 0 Å². The van der Waals surface area contributed by atoms with Crippen molar-refractivity contribution < 1.29 is 4.79 Å². The molecule has 1 aromatic carbocycles. The maximum atomic E-state index is 13.0. The fourth-order valence-electron chi connectivity index (χ4n) is 3.51. The summed E-state index contributed by atoms with van der Waals surface area (Å²) in [6.07, 6.45) is 3.81. The molecule has 1 unspecified atom stereocenters. The third kappa shape index (κ3) is 3.82. The first-order valence-corrected chi connectivity index (χ1v) is 8.80. The molecule has 0 spiro atoms. The topological polar surface area (TPSA) is 62.5 Å². The first kappa shape index (κ1) is 17.4. The van der Waals surface area contributed by atoms with Crippen molar-refractivity contribution in [3.05, 3.63) is 59.3 Å². The van der Waals surface area contributed by atoms with Crippen LogP contribution in [0.5, 0.6) is 0 Å². The van der Waals surface area contributed by atoms with Gasteiger partial charge in [-0.2, -0.15) is 0 Å². The normalized spacial score (nSPS) is 17.4. The lowest BCUT2D eigenvalue weighted by Gasteiger charge is -2.34. The fourth-order valence-corrected chi connectivity index (χ4v) is 3.51. The number of amides is 1. The lowest BCUT2D eigenvalue weighted by Crippen LogP contribution is -2.39. The highest BCUT2D eigenvalue weighted by Crippen LogP contribution is 2.30. The Morgan fingerprint density at radius 2 is 2.12 bits per heavy atom. The van der Waals surface area contributed by atoms with Gasteiger partial charge < -0.3 is 15.5 Å². The zero-order valence-electron chi connectivity index (χ0n) is 15.0. The van der Waals surface area contributed by atoms with Crippen molar-refractivity contribution in [3.8, 4) is 0 Å². The number of aromatic nitrogens is 1. The molecule has 0 saturated carbocycles. The SMILES string of the molecule is CN(C)c1cc(C(=O)N2CCCC(c3ccccc3CN)C2)ccn1. The van der Waals surface area contributed by atoms with Crippen LogP contribution in [0.3, 0.4) is 0 Å². The second-order valence-corrected chi connectivity index (χ2v) is 6.79. The first-order chi connectivity index (χ1) is 12.1. The lowest BCUT2D eigenvalue weighted by atomic mass is 9.87. The molecule has 5 nitrogen and oxygen atoms in total. The second kappa shape index (κ2) is 7.66. The Morgan fingerprint density at radius 3 is 2.88 bits per heavy atom. The highest BCUT2D eigenvalue weighted by Gasteiger charge is 2.26. The predicted molar refractivity (Wildman–Crippen MR) is 101 cm³/mol. The molecule has 1 aromatic heterocycles. The molecule has 3 rings (SSSR count). The maximum Gasteiger partial charge on any atom is 0.254 e. The predicted octanol–water partition coefficient (Wildman–Crippen LogP) is 2.63. The number of nitrogens with two attached hydrogens (primary N) is 1. The highest BCUT2D eigenvalue weighted by molar-refractivity contribution is 5.95. The van der Waals surface area contributed by atoms with Crippen molar-refractivity contribution in [2.75, 3.05) is 32.1 Å². The lowest BCUT2D eigenvalue weighted by molar-refractivity contribution is 0.0706. The van der Waals surface area contributed by atoms with Crippen LogP contribution in [0.2, 0.25) is 0 Å². The second-order valence-electron chi connectivity index (χ2n) is 6.79. The Morgan fingerprint density at radius 1 is 1.32 bits per heavy atom. The quantitative estimate of drug-likeness (QED) is 0.931. The Balaban J connectivity index is 1.79. The Hall–Kier alpha value is -2.40. The van der Waals surface area contributed by atoms with Gasteiger partial charge in [-0.15, -0.1) is 0 Å². The molecule has 0 aliphatic carbocycles. The minimum atomic E-state index is 0.0837. The van der Waals surface area contributed by atoms with Gasteiger partial charge in [-0.25, -0.2) is 4.98 Å². The number of pyridine rings is 1. The van der Waals surface area contributed by atoms with Crippen LogP contribution in [0, 0.1) is 0 Å². The van der Waals surface area contributed by atoms with Crippen LogP contribution in [-0.2, 0) is 6.54 Å². The Bertz CT molecular complexity index is 744. The Kier molecular flexibility index (Phi) is 5.34. The number of carbonyl (C=O) groups excluding carboxylic acids is 1. The largest absolute Gasteiger partial charge is 0.363 e. The number of piperidine rings is 1. The van der Waals surface area contributed by atoms with Crippen molar-refractivity contribution in [3.63, 3.8) is 0 Å². The summed E-state index contributed by atoms with van der Waals surface area (Å²) in [5.41, 5.74) is 9.06. The summed E-state index contributed by atoms with van der Waals surface area (Å²) in [7, 11) is 3.86. The van der Waals surface area contributed by atoms with Gasteiger partial charge in [0.05, 0.1) is 0 Å². The maximum absolute atomic E-state index is 13.0. The van der Waals surface area contributed by atoms with Gasteiger partial charge >= 0.3 is 0 Å². The average Bonchev–Trinajstić information content (AvgIpc) is 2.67. The van der Waals surface area contributed by atoms with Crippen LogP contribution in [0.4, 0.5) is 5.82 Å². The molecular weight excluding hydrogens is 312 g/mol. The van der Waals surface area contributed by atoms with Crippen LogP contribution in [0.1, 0.15) is 40.2 Å². The van der Waals surface area contributed by atoms with Crippen molar-refractivity contribution in [2.24, 2.45) is 5.73 Å². The number of hydrogen-bond donors (Lipinski definition) is 1. The summed E-state index contributed by atoms with van der Waals surface area (Å²) in [6.45, 7) is 2.09. The summed E-state index contributed by atoms with van der Waals surface area (Å²) in [4.78, 5) is 21.1. The summed E-state index contributed by atoms with van der Waals surface area (Å²) in [6, 6.07) is 12.0. The van der Waals surface area contributed by atoms with E-state index in [4.69, 9.17) is 5.73 Å². The molecule has 2 N–H and O–H groups in total. The average molecular weight is 338 g/mol. The number of nitrogens with zero attached hydrogens (tertiary/aromatic N) is 3. The summed E-state index contributed by atoms with van der Waals surface area (Å²) in [5, 5.41) is 0. The van der Waals surface area contributed by atoms with Gasteiger partial charge in [-0.1, -0.05) is 24.3 Å². The minimum Gasteiger partial charge on any atom is -0.363 e. The van der Waals surface area contributed by atoms with E-state index >= 15 is 0 Å². The standard InChI is InChI=1S/C20H26N4O/c1-23(2)19-12-15(9-10-22-19)20(25)24-11-5-7-17(14-24)18-8-4-3-6-16(18)13-21/h3-4,6,8-10,12,17H,5,7,11,13-14,21H2,1-2H3. The third-order valence-electron chi connectivity index (χ3n) is 4.87. The van der Waals surface area contributed by atoms with Crippen LogP contribution in [0.15, 0.2) is 42.6 Å². The van der Waals surface area contributed by atoms with Gasteiger partial charge in [0.25, 0.3) is 5.91 Å². The van der Waals surface area contributed by atoms with Crippen molar-refractivity contribution in [1.29, 1.82) is 0 Å². The van der Waals surface area contributed by atoms with E-state index < -0.39 is 0 Å². The summed E-state index contributed by atoms with van der Waals surface area (Å²) >= 11 is 0. The number of likely N-dealkylation sites (tertiary alicyclic amines) is 1. The number of hydrogen-bond acceptors (Lipinski definition) is 4. The van der Waals surface area contributed by atoms with Gasteiger partial charge in [0, 0.05) is 51.4 Å². The molecule has 1 amide bonds. The van der Waals surface area contributed by atoms with Crippen LogP contribution < -0.4 is 10.6 Å². The molecule has 1 fully saturated rings. The van der Waals surface area contributed by atoms with Gasteiger partial charge in [0.2, 0.25) is 0 Å². The van der Waals surface area contributed by atoms with E-state index in [-0.39, 0.29) is 5.91 Å². The first-order valence-electron chi connectivity index (χ1n) is 8.80. The Labute approximate surface area is 149 Å². The van der Waals surface area contributed by atoms with Crippen molar-refractivity contribution >= 4 is 11.7 Å². The van der Waals surface area contributed by atoms with Crippen LogP contribution >= 0.6 is 0 Å². The van der Waals surface area contributed by atoms with Crippen molar-refractivity contribution in [1.82, 2.24) is 9.88 Å². The van der Waals surface area contributed by atoms with Crippen molar-refractivity contribution in [2.45, 2.75) is 25.3 Å². The molecule has 5 heteroatoms. The number of carbonyl (C=O) groups is 1. The molecule has 1 atom stereocenters. The zero-order chi connectivity index (χ0) is 17.8. The van der Waals surface area contributed by atoms with E-state index in [2.05, 4.69) is 23.2 Å². The fraction of sp³-hybridized carbons (Fsp3) is 0.400. The van der Waals surface area contributed by atoms with Gasteiger partial charge in [0.1, 0.15) is 5.82 Å². The monoisotopic (exact) mass is 338 g/mol. The third-order valence-corrected chi connectivity index (χ3v) is 4.87. The van der Waals surface area contributed by atoms with Crippen LogP contribution in [0.25, 0.3) is 0 Å². The summed E-state index contributed by atoms with van der Waals surface area (Å²) < 4.78 is 0. The minimum absolute atomic E-state index is 0.0837. The van der Waals surface area contributed by atoms with E-state index in [1.165, 1.54) is 11.1 Å². The molecule has 0 radical (unpaired) electrons. The molecule has 2 aromatic rings. The zero-order valence-corrected chi connectivity index (χ0v) is 15.0. The molecule has 2 heterocycles. The molecule has 1 saturated heterocycles. The van der Waals surface area contributed by atoms with Crippen LogP contribution in [-0.4, -0.2) is 43.0 Å². The molecule has 1 aliphatic rings. The number of anilines is 1. The van der Waals surface area contributed by atoms with E-state index in [1.54, 1.807) is 12.3 Å².